The van der Waals surface area contributed by atoms with E-state index in [4.69, 9.17) is 16.3 Å². The number of aliphatic hydroxyl groups is 1. The third kappa shape index (κ3) is 2.92. The molecule has 1 N–H and O–H groups in total. The first kappa shape index (κ1) is 14.9. The Balaban J connectivity index is 1.60. The van der Waals surface area contributed by atoms with Gasteiger partial charge in [-0.25, -0.2) is 9.50 Å². The van der Waals surface area contributed by atoms with E-state index in [2.05, 4.69) is 15.0 Å². The maximum absolute atomic E-state index is 9.24. The van der Waals surface area contributed by atoms with Gasteiger partial charge in [0, 0.05) is 23.7 Å². The number of fused-ring (bicyclic) bond motifs is 1. The molecule has 0 amide bonds. The number of anilines is 1. The van der Waals surface area contributed by atoms with Gasteiger partial charge in [0.05, 0.1) is 31.2 Å². The molecule has 1 unspecified atom stereocenters. The first-order valence-corrected chi connectivity index (χ1v) is 8.52. The molecular formula is C15H15ClN4O2S. The number of morpholine rings is 1. The summed E-state index contributed by atoms with van der Waals surface area (Å²) < 4.78 is 7.27. The summed E-state index contributed by atoms with van der Waals surface area (Å²) in [6.45, 7) is 2.05. The Labute approximate surface area is 141 Å². The summed E-state index contributed by atoms with van der Waals surface area (Å²) in [4.78, 5) is 7.61. The second kappa shape index (κ2) is 6.09. The minimum atomic E-state index is -0.149. The summed E-state index contributed by atoms with van der Waals surface area (Å²) >= 11 is 7.46. The molecule has 4 rings (SSSR count). The fourth-order valence-electron chi connectivity index (χ4n) is 2.58. The topological polar surface area (TPSA) is 62.9 Å². The smallest absolute Gasteiger partial charge is 0.214 e. The van der Waals surface area contributed by atoms with Crippen LogP contribution in [0.4, 0.5) is 5.13 Å². The number of ether oxygens (including phenoxy) is 1. The first-order valence-electron chi connectivity index (χ1n) is 7.32. The third-order valence-electron chi connectivity index (χ3n) is 3.79. The van der Waals surface area contributed by atoms with Gasteiger partial charge in [-0.2, -0.15) is 0 Å². The highest BCUT2D eigenvalue weighted by Crippen LogP contribution is 2.28. The molecule has 0 aliphatic carbocycles. The average Bonchev–Trinajstić information content (AvgIpc) is 3.14. The van der Waals surface area contributed by atoms with Crippen molar-refractivity contribution in [1.82, 2.24) is 14.6 Å². The summed E-state index contributed by atoms with van der Waals surface area (Å²) in [6, 6.07) is 7.60. The third-order valence-corrected chi connectivity index (χ3v) is 5.02. The molecular weight excluding hydrogens is 336 g/mol. The molecule has 3 heterocycles. The number of aliphatic hydroxyl groups excluding tert-OH is 1. The molecule has 0 radical (unpaired) electrons. The number of rotatable bonds is 3. The molecule has 1 aromatic carbocycles. The van der Waals surface area contributed by atoms with E-state index in [1.54, 1.807) is 4.52 Å². The molecule has 0 bridgehead atoms. The molecule has 1 aliphatic heterocycles. The summed E-state index contributed by atoms with van der Waals surface area (Å²) in [5.41, 5.74) is 1.89. The van der Waals surface area contributed by atoms with Crippen LogP contribution in [0, 0.1) is 0 Å². The number of aromatic nitrogens is 3. The van der Waals surface area contributed by atoms with Crippen LogP contribution >= 0.6 is 22.9 Å². The normalized spacial score (nSPS) is 18.7. The Bertz CT molecular complexity index is 785. The number of benzene rings is 1. The van der Waals surface area contributed by atoms with Gasteiger partial charge in [0.2, 0.25) is 10.1 Å². The Hall–Kier alpha value is -1.67. The lowest BCUT2D eigenvalue weighted by Gasteiger charge is -2.31. The van der Waals surface area contributed by atoms with Crippen molar-refractivity contribution >= 4 is 33.0 Å². The summed E-state index contributed by atoms with van der Waals surface area (Å²) in [5, 5.41) is 15.5. The second-order valence-corrected chi connectivity index (χ2v) is 6.74. The van der Waals surface area contributed by atoms with Crippen LogP contribution < -0.4 is 4.90 Å². The molecule has 8 heteroatoms. The van der Waals surface area contributed by atoms with Crippen molar-refractivity contribution in [2.24, 2.45) is 0 Å². The fraction of sp³-hybridized carbons (Fsp3) is 0.333. The minimum Gasteiger partial charge on any atom is -0.394 e. The van der Waals surface area contributed by atoms with Crippen molar-refractivity contribution in [2.75, 3.05) is 31.2 Å². The van der Waals surface area contributed by atoms with E-state index in [1.165, 1.54) is 11.3 Å². The number of imidazole rings is 1. The van der Waals surface area contributed by atoms with Crippen LogP contribution in [0.3, 0.4) is 0 Å². The molecule has 1 saturated heterocycles. The first-order chi connectivity index (χ1) is 11.2. The van der Waals surface area contributed by atoms with Crippen molar-refractivity contribution in [2.45, 2.75) is 6.10 Å². The lowest BCUT2D eigenvalue weighted by Crippen LogP contribution is -2.44. The second-order valence-electron chi connectivity index (χ2n) is 5.37. The number of nitrogens with zero attached hydrogens (tertiary/aromatic N) is 4. The molecule has 3 aromatic rings. The highest BCUT2D eigenvalue weighted by atomic mass is 35.5. The van der Waals surface area contributed by atoms with Gasteiger partial charge in [0.25, 0.3) is 0 Å². The molecule has 2 aromatic heterocycles. The van der Waals surface area contributed by atoms with Crippen LogP contribution in [-0.4, -0.2) is 52.1 Å². The molecule has 120 valence electrons. The number of halogens is 1. The minimum absolute atomic E-state index is 0.0275. The zero-order valence-electron chi connectivity index (χ0n) is 12.2. The van der Waals surface area contributed by atoms with E-state index in [-0.39, 0.29) is 12.7 Å². The van der Waals surface area contributed by atoms with Crippen molar-refractivity contribution in [3.8, 4) is 11.3 Å². The molecule has 1 fully saturated rings. The zero-order valence-corrected chi connectivity index (χ0v) is 13.8. The van der Waals surface area contributed by atoms with Crippen molar-refractivity contribution < 1.29 is 9.84 Å². The van der Waals surface area contributed by atoms with Gasteiger partial charge >= 0.3 is 0 Å². The van der Waals surface area contributed by atoms with Crippen LogP contribution in [0.15, 0.2) is 30.5 Å². The maximum atomic E-state index is 9.24. The summed E-state index contributed by atoms with van der Waals surface area (Å²) in [5.74, 6) is 0. The van der Waals surface area contributed by atoms with Gasteiger partial charge < -0.3 is 14.7 Å². The van der Waals surface area contributed by atoms with E-state index in [9.17, 15) is 5.11 Å². The molecule has 0 spiro atoms. The molecule has 6 nitrogen and oxygen atoms in total. The highest BCUT2D eigenvalue weighted by Gasteiger charge is 2.23. The van der Waals surface area contributed by atoms with Crippen LogP contribution in [0.1, 0.15) is 0 Å². The Morgan fingerprint density at radius 2 is 2.17 bits per heavy atom. The van der Waals surface area contributed by atoms with E-state index in [0.717, 1.165) is 27.9 Å². The SMILES string of the molecule is OCC1CN(c2nn3cc(-c4ccc(Cl)cc4)nc3s2)CCO1. The van der Waals surface area contributed by atoms with Gasteiger partial charge in [-0.15, -0.1) is 5.10 Å². The van der Waals surface area contributed by atoms with E-state index in [1.807, 2.05) is 30.5 Å². The van der Waals surface area contributed by atoms with Gasteiger partial charge in [0.15, 0.2) is 0 Å². The van der Waals surface area contributed by atoms with E-state index >= 15 is 0 Å². The van der Waals surface area contributed by atoms with Crippen LogP contribution in [-0.2, 0) is 4.74 Å². The quantitative estimate of drug-likeness (QED) is 0.785. The van der Waals surface area contributed by atoms with E-state index < -0.39 is 0 Å². The maximum Gasteiger partial charge on any atom is 0.214 e. The monoisotopic (exact) mass is 350 g/mol. The van der Waals surface area contributed by atoms with Crippen molar-refractivity contribution in [3.05, 3.63) is 35.5 Å². The number of hydrogen-bond donors (Lipinski definition) is 1. The summed E-state index contributed by atoms with van der Waals surface area (Å²) in [6.07, 6.45) is 1.77. The van der Waals surface area contributed by atoms with Crippen molar-refractivity contribution in [3.63, 3.8) is 0 Å². The predicted octanol–water partition coefficient (Wildman–Crippen LogP) is 2.31. The summed E-state index contributed by atoms with van der Waals surface area (Å²) in [7, 11) is 0. The Morgan fingerprint density at radius 1 is 1.35 bits per heavy atom. The largest absolute Gasteiger partial charge is 0.394 e. The van der Waals surface area contributed by atoms with Crippen LogP contribution in [0.2, 0.25) is 5.02 Å². The lowest BCUT2D eigenvalue weighted by atomic mass is 10.2. The zero-order chi connectivity index (χ0) is 15.8. The van der Waals surface area contributed by atoms with Crippen LogP contribution in [0.5, 0.6) is 0 Å². The highest BCUT2D eigenvalue weighted by molar-refractivity contribution is 7.20. The fourth-order valence-corrected chi connectivity index (χ4v) is 3.62. The van der Waals surface area contributed by atoms with Crippen molar-refractivity contribution in [1.29, 1.82) is 0 Å². The molecule has 0 saturated carbocycles. The van der Waals surface area contributed by atoms with Gasteiger partial charge in [-0.1, -0.05) is 35.1 Å². The molecule has 23 heavy (non-hydrogen) atoms. The Morgan fingerprint density at radius 3 is 2.91 bits per heavy atom. The molecule has 1 atom stereocenters. The molecule has 1 aliphatic rings. The Kier molecular flexibility index (Phi) is 3.94. The standard InChI is InChI=1S/C15H15ClN4O2S/c16-11-3-1-10(2-4-11)13-8-20-14(17-13)23-15(18-20)19-5-6-22-12(7-19)9-21/h1-4,8,12,21H,5-7,9H2. The van der Waals surface area contributed by atoms with Gasteiger partial charge in [-0.3, -0.25) is 0 Å². The van der Waals surface area contributed by atoms with Gasteiger partial charge in [-0.05, 0) is 12.1 Å². The van der Waals surface area contributed by atoms with Gasteiger partial charge in [0.1, 0.15) is 0 Å². The predicted molar refractivity (Wildman–Crippen MR) is 90.3 cm³/mol. The average molecular weight is 351 g/mol. The van der Waals surface area contributed by atoms with E-state index in [0.29, 0.717) is 18.2 Å². The number of hydrogen-bond acceptors (Lipinski definition) is 6. The lowest BCUT2D eigenvalue weighted by molar-refractivity contribution is 0.00352. The van der Waals surface area contributed by atoms with Crippen LogP contribution in [0.25, 0.3) is 16.2 Å².